The van der Waals surface area contributed by atoms with Crippen molar-refractivity contribution >= 4 is 35.0 Å². The van der Waals surface area contributed by atoms with Gasteiger partial charge in [0.05, 0.1) is 91.2 Å². The maximum absolute atomic E-state index is 14.8. The number of rotatable bonds is 38. The molecule has 6 N–H and O–H groups in total. The van der Waals surface area contributed by atoms with Crippen LogP contribution in [0.4, 0.5) is 0 Å². The van der Waals surface area contributed by atoms with E-state index in [1.165, 1.54) is 11.3 Å². The zero-order valence-electron chi connectivity index (χ0n) is 45.6. The molecule has 1 aliphatic carbocycles. The first-order valence-corrected chi connectivity index (χ1v) is 28.2. The van der Waals surface area contributed by atoms with Crippen LogP contribution in [0.3, 0.4) is 0 Å². The summed E-state index contributed by atoms with van der Waals surface area (Å²) in [6.07, 6.45) is 5.84. The maximum atomic E-state index is 14.8. The number of thiazole rings is 1. The molecule has 0 spiro atoms. The van der Waals surface area contributed by atoms with Crippen LogP contribution in [0.1, 0.15) is 132 Å². The number of phenols is 1. The molecule has 0 unspecified atom stereocenters. The van der Waals surface area contributed by atoms with Gasteiger partial charge in [-0.25, -0.2) is 4.98 Å². The van der Waals surface area contributed by atoms with Crippen LogP contribution in [-0.2, 0) is 54.0 Å². The van der Waals surface area contributed by atoms with Gasteiger partial charge in [-0.15, -0.1) is 11.3 Å². The molecule has 7 atom stereocenters. The van der Waals surface area contributed by atoms with Gasteiger partial charge in [0.25, 0.3) is 5.91 Å². The van der Waals surface area contributed by atoms with Gasteiger partial charge in [0, 0.05) is 50.1 Å². The van der Waals surface area contributed by atoms with Gasteiger partial charge >= 0.3 is 0 Å². The Bertz CT molecular complexity index is 1930. The number of aromatic nitrogens is 1. The highest BCUT2D eigenvalue weighted by Gasteiger charge is 2.39. The molecule has 74 heavy (non-hydrogen) atoms. The Labute approximate surface area is 445 Å². The number of likely N-dealkylation sites (N-methyl/N-ethyl adjacent to an activating group) is 1. The van der Waals surface area contributed by atoms with Crippen molar-refractivity contribution in [1.29, 1.82) is 0 Å². The predicted octanol–water partition coefficient (Wildman–Crippen LogP) is 4.99. The molecule has 0 saturated carbocycles. The number of likely N-dealkylation sites (tertiary alicyclic amines) is 1. The number of carbonyl (C=O) groups excluding carboxylic acids is 4. The Kier molecular flexibility index (Phi) is 30.1. The highest BCUT2D eigenvalue weighted by molar-refractivity contribution is 7.09. The number of hydrogen-bond donors (Lipinski definition) is 5. The molecule has 1 aromatic heterocycles. The highest BCUT2D eigenvalue weighted by atomic mass is 32.1. The van der Waals surface area contributed by atoms with Crippen molar-refractivity contribution in [3.63, 3.8) is 0 Å². The molecule has 4 rings (SSSR count). The standard InChI is InChI=1S/C54H91N7O12S/c1-8-18-61(54(66)49(39(6)10-3)59-52(65)46-13-11-12-19-60(46)7)47(38(4)5)36-48(73-20-9-2)53-58-45(37-74-53)51(64)57-41-33-40-14-15-42(62)35-43(40)44(34-41)50(63)56-17-22-68-24-26-70-28-30-72-32-31-71-29-27-69-25-23-67-21-16-55/h14-15,35,37-39,41,44,46-49,62H,8-13,16-34,36,55H2,1-7H3,(H,56,63)(H,57,64)(H,59,65)/t39-,41-,44+,46+,47+,48+,49-/m0/s1. The Hall–Kier alpha value is -3.83. The number of carbonyl (C=O) groups is 4. The third-order valence-corrected chi connectivity index (χ3v) is 14.5. The predicted molar refractivity (Wildman–Crippen MR) is 285 cm³/mol. The van der Waals surface area contributed by atoms with Crippen molar-refractivity contribution < 1.29 is 57.4 Å². The summed E-state index contributed by atoms with van der Waals surface area (Å²) in [6, 6.07) is 3.48. The molecule has 1 saturated heterocycles. The smallest absolute Gasteiger partial charge is 0.270 e. The molecule has 1 aliphatic heterocycles. The maximum Gasteiger partial charge on any atom is 0.270 e. The van der Waals surface area contributed by atoms with Crippen LogP contribution in [0.5, 0.6) is 5.75 Å². The molecular weight excluding hydrogens is 971 g/mol. The average molecular weight is 1060 g/mol. The number of benzene rings is 1. The van der Waals surface area contributed by atoms with Crippen LogP contribution in [0.15, 0.2) is 23.6 Å². The molecular formula is C54H91N7O12S. The average Bonchev–Trinajstić information content (AvgIpc) is 3.89. The van der Waals surface area contributed by atoms with Gasteiger partial charge in [-0.1, -0.05) is 60.5 Å². The Balaban J connectivity index is 1.29. The van der Waals surface area contributed by atoms with Gasteiger partial charge in [-0.2, -0.15) is 0 Å². The number of phenolic OH excluding ortho intramolecular Hbond substituents is 1. The summed E-state index contributed by atoms with van der Waals surface area (Å²) in [4.78, 5) is 65.1. The van der Waals surface area contributed by atoms with E-state index < -0.39 is 18.1 Å². The van der Waals surface area contributed by atoms with E-state index in [0.717, 1.165) is 56.2 Å². The summed E-state index contributed by atoms with van der Waals surface area (Å²) in [5.74, 6) is -1.33. The fourth-order valence-electron chi connectivity index (χ4n) is 9.34. The number of nitrogens with one attached hydrogen (secondary N) is 3. The van der Waals surface area contributed by atoms with Crippen molar-refractivity contribution in [2.75, 3.05) is 119 Å². The quantitative estimate of drug-likeness (QED) is 0.0558. The zero-order valence-corrected chi connectivity index (χ0v) is 46.4. The molecule has 1 aromatic carbocycles. The van der Waals surface area contributed by atoms with E-state index in [-0.39, 0.29) is 78.2 Å². The fraction of sp³-hybridized carbons (Fsp3) is 0.759. The second-order valence-corrected chi connectivity index (χ2v) is 20.6. The number of fused-ring (bicyclic) bond motifs is 1. The molecule has 0 bridgehead atoms. The lowest BCUT2D eigenvalue weighted by atomic mass is 9.79. The topological polar surface area (TPSA) is 235 Å². The van der Waals surface area contributed by atoms with E-state index in [0.29, 0.717) is 117 Å². The van der Waals surface area contributed by atoms with E-state index in [9.17, 15) is 24.3 Å². The van der Waals surface area contributed by atoms with Crippen molar-refractivity contribution in [3.8, 4) is 5.75 Å². The largest absolute Gasteiger partial charge is 0.508 e. The van der Waals surface area contributed by atoms with Gasteiger partial charge in [-0.3, -0.25) is 24.1 Å². The molecule has 20 heteroatoms. The second-order valence-electron chi connectivity index (χ2n) is 19.7. The minimum atomic E-state index is -0.667. The van der Waals surface area contributed by atoms with Crippen LogP contribution in [0.2, 0.25) is 0 Å². The number of hydrogen-bond acceptors (Lipinski definition) is 16. The van der Waals surface area contributed by atoms with E-state index in [4.69, 9.17) is 43.9 Å². The summed E-state index contributed by atoms with van der Waals surface area (Å²) in [5, 5.41) is 22.1. The normalized spacial score (nSPS) is 18.6. The number of amides is 4. The number of nitrogens with zero attached hydrogens (tertiary/aromatic N) is 3. The molecule has 4 amide bonds. The fourth-order valence-corrected chi connectivity index (χ4v) is 10.2. The van der Waals surface area contributed by atoms with Gasteiger partial charge in [0.2, 0.25) is 17.7 Å². The third kappa shape index (κ3) is 21.3. The number of aromatic hydroxyl groups is 1. The monoisotopic (exact) mass is 1060 g/mol. The summed E-state index contributed by atoms with van der Waals surface area (Å²) in [7, 11) is 1.98. The van der Waals surface area contributed by atoms with E-state index in [1.807, 2.05) is 25.8 Å². The summed E-state index contributed by atoms with van der Waals surface area (Å²) in [5.41, 5.74) is 7.21. The first-order chi connectivity index (χ1) is 35.8. The molecule has 420 valence electrons. The number of piperidine rings is 1. The lowest BCUT2D eigenvalue weighted by Gasteiger charge is -2.40. The Morgan fingerprint density at radius 2 is 1.49 bits per heavy atom. The molecule has 1 fully saturated rings. The molecule has 0 radical (unpaired) electrons. The van der Waals surface area contributed by atoms with Gasteiger partial charge < -0.3 is 64.8 Å². The number of nitrogens with two attached hydrogens (primary N) is 1. The van der Waals surface area contributed by atoms with Crippen LogP contribution >= 0.6 is 11.3 Å². The van der Waals surface area contributed by atoms with Crippen molar-refractivity contribution in [2.45, 2.75) is 136 Å². The minimum Gasteiger partial charge on any atom is -0.508 e. The summed E-state index contributed by atoms with van der Waals surface area (Å²) >= 11 is 1.35. The molecule has 19 nitrogen and oxygen atoms in total. The lowest BCUT2D eigenvalue weighted by molar-refractivity contribution is -0.143. The molecule has 2 aliphatic rings. The van der Waals surface area contributed by atoms with Crippen LogP contribution in [0, 0.1) is 11.8 Å². The van der Waals surface area contributed by atoms with Gasteiger partial charge in [0.15, 0.2) is 0 Å². The lowest BCUT2D eigenvalue weighted by Crippen LogP contribution is -2.58. The van der Waals surface area contributed by atoms with Gasteiger partial charge in [-0.05, 0) is 87.2 Å². The van der Waals surface area contributed by atoms with E-state index in [2.05, 4.69) is 48.5 Å². The van der Waals surface area contributed by atoms with Crippen LogP contribution < -0.4 is 21.7 Å². The third-order valence-electron chi connectivity index (χ3n) is 13.6. The van der Waals surface area contributed by atoms with Crippen LogP contribution in [0.25, 0.3) is 0 Å². The SMILES string of the molecule is CCCO[C@H](C[C@H](C(C)C)N(CCC)C(=O)[C@@H](NC(=O)[C@H]1CCCCN1C)[C@@H](C)CC)c1nc(C(=O)N[C@H]2Cc3ccc(O)cc3[C@H](C(=O)NCCOCCOCCOCCOCCOCCOCCN)C2)cs1. The second kappa shape index (κ2) is 35.5. The van der Waals surface area contributed by atoms with Crippen LogP contribution in [-0.4, -0.2) is 187 Å². The zero-order chi connectivity index (χ0) is 53.7. The van der Waals surface area contributed by atoms with Crippen molar-refractivity contribution in [2.24, 2.45) is 17.6 Å². The Morgan fingerprint density at radius 3 is 2.07 bits per heavy atom. The first-order valence-electron chi connectivity index (χ1n) is 27.3. The van der Waals surface area contributed by atoms with E-state index in [1.54, 1.807) is 23.6 Å². The minimum absolute atomic E-state index is 0.0527. The van der Waals surface area contributed by atoms with Crippen molar-refractivity contribution in [1.82, 2.24) is 30.7 Å². The molecule has 2 heterocycles. The number of ether oxygens (including phenoxy) is 7. The Morgan fingerprint density at radius 1 is 0.851 bits per heavy atom. The molecule has 2 aromatic rings. The summed E-state index contributed by atoms with van der Waals surface area (Å²) < 4.78 is 39.5. The van der Waals surface area contributed by atoms with Crippen molar-refractivity contribution in [3.05, 3.63) is 45.4 Å². The van der Waals surface area contributed by atoms with E-state index >= 15 is 0 Å². The highest BCUT2D eigenvalue weighted by Crippen LogP contribution is 2.35. The summed E-state index contributed by atoms with van der Waals surface area (Å²) in [6.45, 7) is 20.3. The van der Waals surface area contributed by atoms with Gasteiger partial charge in [0.1, 0.15) is 28.6 Å². The first kappa shape index (κ1) is 62.7.